The van der Waals surface area contributed by atoms with E-state index in [1.54, 1.807) is 6.07 Å². The van der Waals surface area contributed by atoms with Crippen LogP contribution < -0.4 is 5.32 Å². The lowest BCUT2D eigenvalue weighted by Crippen LogP contribution is -2.13. The third-order valence-electron chi connectivity index (χ3n) is 2.53. The van der Waals surface area contributed by atoms with Gasteiger partial charge in [-0.3, -0.25) is 0 Å². The molecular weight excluding hydrogens is 249 g/mol. The SMILES string of the molecule is Clc1ccc(Cl)c(NCC2CCSC2)c1. The number of benzene rings is 1. The van der Waals surface area contributed by atoms with Crippen molar-refractivity contribution in [2.45, 2.75) is 6.42 Å². The molecule has 0 saturated carbocycles. The van der Waals surface area contributed by atoms with Crippen LogP contribution in [-0.4, -0.2) is 18.1 Å². The average molecular weight is 262 g/mol. The summed E-state index contributed by atoms with van der Waals surface area (Å²) in [6, 6.07) is 5.52. The Labute approximate surface area is 105 Å². The zero-order valence-electron chi connectivity index (χ0n) is 8.30. The first-order chi connectivity index (χ1) is 7.25. The van der Waals surface area contributed by atoms with Crippen molar-refractivity contribution in [2.75, 3.05) is 23.4 Å². The molecule has 2 rings (SSSR count). The summed E-state index contributed by atoms with van der Waals surface area (Å²) in [6.45, 7) is 0.993. The lowest BCUT2D eigenvalue weighted by molar-refractivity contribution is 0.632. The first-order valence-corrected chi connectivity index (χ1v) is 6.93. The molecule has 0 aromatic heterocycles. The van der Waals surface area contributed by atoms with Crippen LogP contribution in [0, 0.1) is 5.92 Å². The van der Waals surface area contributed by atoms with Crippen LogP contribution in [-0.2, 0) is 0 Å². The van der Waals surface area contributed by atoms with Gasteiger partial charge in [-0.15, -0.1) is 0 Å². The molecule has 1 N–H and O–H groups in total. The molecule has 15 heavy (non-hydrogen) atoms. The fourth-order valence-corrected chi connectivity index (χ4v) is 3.27. The fourth-order valence-electron chi connectivity index (χ4n) is 1.63. The first kappa shape index (κ1) is 11.4. The molecule has 0 spiro atoms. The Morgan fingerprint density at radius 1 is 1.40 bits per heavy atom. The Morgan fingerprint density at radius 2 is 2.27 bits per heavy atom. The van der Waals surface area contributed by atoms with Crippen LogP contribution in [0.2, 0.25) is 10.0 Å². The zero-order valence-corrected chi connectivity index (χ0v) is 10.6. The van der Waals surface area contributed by atoms with Crippen LogP contribution in [0.15, 0.2) is 18.2 Å². The van der Waals surface area contributed by atoms with Crippen molar-refractivity contribution in [2.24, 2.45) is 5.92 Å². The van der Waals surface area contributed by atoms with Crippen LogP contribution in [0.1, 0.15) is 6.42 Å². The third-order valence-corrected chi connectivity index (χ3v) is 4.33. The number of rotatable bonds is 3. The summed E-state index contributed by atoms with van der Waals surface area (Å²) < 4.78 is 0. The Morgan fingerprint density at radius 3 is 3.00 bits per heavy atom. The zero-order chi connectivity index (χ0) is 10.7. The highest BCUT2D eigenvalue weighted by Crippen LogP contribution is 2.28. The molecular formula is C11H13Cl2NS. The number of halogens is 2. The molecule has 0 amide bonds. The monoisotopic (exact) mass is 261 g/mol. The van der Waals surface area contributed by atoms with E-state index < -0.39 is 0 Å². The Kier molecular flexibility index (Phi) is 4.06. The number of anilines is 1. The summed E-state index contributed by atoms with van der Waals surface area (Å²) in [5.41, 5.74) is 0.945. The highest BCUT2D eigenvalue weighted by Gasteiger charge is 2.15. The molecule has 1 aliphatic rings. The lowest BCUT2D eigenvalue weighted by atomic mass is 10.1. The van der Waals surface area contributed by atoms with Gasteiger partial charge >= 0.3 is 0 Å². The van der Waals surface area contributed by atoms with Gasteiger partial charge in [0.15, 0.2) is 0 Å². The normalized spacial score (nSPS) is 20.5. The number of hydrogen-bond acceptors (Lipinski definition) is 2. The Bertz CT molecular complexity index is 337. The van der Waals surface area contributed by atoms with Gasteiger partial charge in [-0.25, -0.2) is 0 Å². The van der Waals surface area contributed by atoms with E-state index in [0.29, 0.717) is 0 Å². The second kappa shape index (κ2) is 5.33. The maximum Gasteiger partial charge on any atom is 0.0638 e. The van der Waals surface area contributed by atoms with Crippen molar-refractivity contribution < 1.29 is 0 Å². The Balaban J connectivity index is 1.94. The van der Waals surface area contributed by atoms with Crippen molar-refractivity contribution >= 4 is 40.7 Å². The standard InChI is InChI=1S/C11H13Cl2NS/c12-9-1-2-10(13)11(5-9)14-6-8-3-4-15-7-8/h1-2,5,8,14H,3-4,6-7H2. The van der Waals surface area contributed by atoms with E-state index in [0.717, 1.165) is 28.2 Å². The fraction of sp³-hybridized carbons (Fsp3) is 0.455. The summed E-state index contributed by atoms with van der Waals surface area (Å²) in [5, 5.41) is 4.83. The summed E-state index contributed by atoms with van der Waals surface area (Å²) >= 11 is 14.0. The molecule has 1 atom stereocenters. The summed E-state index contributed by atoms with van der Waals surface area (Å²) in [6.07, 6.45) is 1.30. The number of nitrogens with one attached hydrogen (secondary N) is 1. The average Bonchev–Trinajstić information content (AvgIpc) is 2.72. The second-order valence-corrected chi connectivity index (χ2v) is 5.73. The minimum Gasteiger partial charge on any atom is -0.383 e. The van der Waals surface area contributed by atoms with E-state index >= 15 is 0 Å². The van der Waals surface area contributed by atoms with Gasteiger partial charge in [0.25, 0.3) is 0 Å². The second-order valence-electron chi connectivity index (χ2n) is 3.73. The maximum atomic E-state index is 6.06. The molecule has 0 bridgehead atoms. The quantitative estimate of drug-likeness (QED) is 0.877. The highest BCUT2D eigenvalue weighted by atomic mass is 35.5. The first-order valence-electron chi connectivity index (χ1n) is 5.02. The summed E-state index contributed by atoms with van der Waals surface area (Å²) in [7, 11) is 0. The number of hydrogen-bond donors (Lipinski definition) is 1. The van der Waals surface area contributed by atoms with Crippen molar-refractivity contribution in [3.63, 3.8) is 0 Å². The van der Waals surface area contributed by atoms with E-state index in [1.807, 2.05) is 23.9 Å². The molecule has 82 valence electrons. The molecule has 4 heteroatoms. The highest BCUT2D eigenvalue weighted by molar-refractivity contribution is 7.99. The van der Waals surface area contributed by atoms with Gasteiger partial charge in [-0.1, -0.05) is 23.2 Å². The molecule has 1 fully saturated rings. The van der Waals surface area contributed by atoms with Crippen molar-refractivity contribution in [1.29, 1.82) is 0 Å². The van der Waals surface area contributed by atoms with Gasteiger partial charge < -0.3 is 5.32 Å². The molecule has 1 aromatic rings. The van der Waals surface area contributed by atoms with Crippen molar-refractivity contribution in [3.8, 4) is 0 Å². The lowest BCUT2D eigenvalue weighted by Gasteiger charge is -2.12. The van der Waals surface area contributed by atoms with E-state index in [9.17, 15) is 0 Å². The summed E-state index contributed by atoms with van der Waals surface area (Å²) in [4.78, 5) is 0. The van der Waals surface area contributed by atoms with Gasteiger partial charge in [0, 0.05) is 11.6 Å². The van der Waals surface area contributed by atoms with E-state index in [4.69, 9.17) is 23.2 Å². The predicted octanol–water partition coefficient (Wildman–Crippen LogP) is 4.16. The minimum atomic E-state index is 0.725. The predicted molar refractivity (Wildman–Crippen MR) is 70.4 cm³/mol. The van der Waals surface area contributed by atoms with Crippen LogP contribution in [0.4, 0.5) is 5.69 Å². The van der Waals surface area contributed by atoms with E-state index in [1.165, 1.54) is 17.9 Å². The van der Waals surface area contributed by atoms with Crippen LogP contribution in [0.25, 0.3) is 0 Å². The Hall–Kier alpha value is -0.0500. The van der Waals surface area contributed by atoms with Crippen LogP contribution >= 0.6 is 35.0 Å². The smallest absolute Gasteiger partial charge is 0.0638 e. The molecule has 1 nitrogen and oxygen atoms in total. The topological polar surface area (TPSA) is 12.0 Å². The van der Waals surface area contributed by atoms with Crippen LogP contribution in [0.5, 0.6) is 0 Å². The molecule has 0 aliphatic carbocycles. The van der Waals surface area contributed by atoms with E-state index in [-0.39, 0.29) is 0 Å². The molecule has 1 unspecified atom stereocenters. The van der Waals surface area contributed by atoms with Gasteiger partial charge in [-0.05, 0) is 42.0 Å². The van der Waals surface area contributed by atoms with Crippen molar-refractivity contribution in [3.05, 3.63) is 28.2 Å². The molecule has 1 saturated heterocycles. The third kappa shape index (κ3) is 3.20. The number of thioether (sulfide) groups is 1. The van der Waals surface area contributed by atoms with E-state index in [2.05, 4.69) is 5.32 Å². The van der Waals surface area contributed by atoms with Crippen LogP contribution in [0.3, 0.4) is 0 Å². The van der Waals surface area contributed by atoms with Gasteiger partial charge in [0.2, 0.25) is 0 Å². The van der Waals surface area contributed by atoms with Gasteiger partial charge in [-0.2, -0.15) is 11.8 Å². The van der Waals surface area contributed by atoms with Gasteiger partial charge in [0.05, 0.1) is 10.7 Å². The molecule has 0 radical (unpaired) electrons. The summed E-state index contributed by atoms with van der Waals surface area (Å²) in [5.74, 6) is 3.31. The molecule has 1 aromatic carbocycles. The molecule has 1 heterocycles. The molecule has 1 aliphatic heterocycles. The van der Waals surface area contributed by atoms with Crippen molar-refractivity contribution in [1.82, 2.24) is 0 Å². The van der Waals surface area contributed by atoms with Gasteiger partial charge in [0.1, 0.15) is 0 Å². The maximum absolute atomic E-state index is 6.06. The largest absolute Gasteiger partial charge is 0.383 e. The minimum absolute atomic E-state index is 0.725.